The van der Waals surface area contributed by atoms with Gasteiger partial charge in [0.1, 0.15) is 0 Å². The summed E-state index contributed by atoms with van der Waals surface area (Å²) in [4.78, 5) is 0. The van der Waals surface area contributed by atoms with Crippen molar-refractivity contribution in [1.82, 2.24) is 0 Å². The summed E-state index contributed by atoms with van der Waals surface area (Å²) in [5.41, 5.74) is 0. The molecular formula is BiGaInZn. The summed E-state index contributed by atoms with van der Waals surface area (Å²) in [5, 5.41) is 0. The van der Waals surface area contributed by atoms with E-state index in [0.717, 1.165) is 0 Å². The zero-order valence-electron chi connectivity index (χ0n) is 2.31. The van der Waals surface area contributed by atoms with Crippen LogP contribution in [-0.2, 0) is 19.5 Å². The molecule has 0 heterocycles. The molecule has 0 aromatic rings. The van der Waals surface area contributed by atoms with Crippen LogP contribution in [0.4, 0.5) is 0 Å². The van der Waals surface area contributed by atoms with Crippen molar-refractivity contribution >= 4 is 71.8 Å². The van der Waals surface area contributed by atoms with Gasteiger partial charge in [-0.15, -0.1) is 0 Å². The molecule has 0 amide bonds. The van der Waals surface area contributed by atoms with E-state index in [1.807, 2.05) is 0 Å². The molecule has 13 valence electrons. The summed E-state index contributed by atoms with van der Waals surface area (Å²) < 4.78 is 0. The van der Waals surface area contributed by atoms with Gasteiger partial charge in [0.25, 0.3) is 0 Å². The van der Waals surface area contributed by atoms with Gasteiger partial charge in [-0.3, -0.25) is 0 Å². The van der Waals surface area contributed by atoms with Crippen molar-refractivity contribution in [3.63, 3.8) is 0 Å². The van der Waals surface area contributed by atoms with Crippen molar-refractivity contribution in [2.75, 3.05) is 0 Å². The molecule has 0 aromatic carbocycles. The average molecular weight is 459 g/mol. The summed E-state index contributed by atoms with van der Waals surface area (Å²) in [5.74, 6) is 0. The van der Waals surface area contributed by atoms with E-state index >= 15 is 0 Å². The van der Waals surface area contributed by atoms with Crippen molar-refractivity contribution in [3.05, 3.63) is 0 Å². The zero-order chi connectivity index (χ0) is 0. The van der Waals surface area contributed by atoms with E-state index in [0.29, 0.717) is 0 Å². The van der Waals surface area contributed by atoms with Gasteiger partial charge in [-0.2, -0.15) is 0 Å². The fourth-order valence-corrected chi connectivity index (χ4v) is 0. The van der Waals surface area contributed by atoms with Gasteiger partial charge < -0.3 is 0 Å². The van der Waals surface area contributed by atoms with Gasteiger partial charge in [0.15, 0.2) is 0 Å². The summed E-state index contributed by atoms with van der Waals surface area (Å²) in [6.45, 7) is 0. The van der Waals surface area contributed by atoms with E-state index < -0.39 is 0 Å². The minimum atomic E-state index is 0. The van der Waals surface area contributed by atoms with E-state index in [9.17, 15) is 0 Å². The molecule has 0 fully saturated rings. The molecule has 0 saturated heterocycles. The third kappa shape index (κ3) is 8.89. The van der Waals surface area contributed by atoms with E-state index in [2.05, 4.69) is 0 Å². The molecule has 0 aliphatic carbocycles. The summed E-state index contributed by atoms with van der Waals surface area (Å²) in [6, 6.07) is 0. The van der Waals surface area contributed by atoms with Crippen LogP contribution in [0.3, 0.4) is 0 Å². The first kappa shape index (κ1) is 27.9. The maximum atomic E-state index is 0. The van der Waals surface area contributed by atoms with Crippen LogP contribution in [0, 0.1) is 0 Å². The quantitative estimate of drug-likeness (QED) is 0.403. The molecule has 4 heteroatoms. The molecule has 0 saturated carbocycles. The number of rotatable bonds is 0. The molecular weight excluding hydrogens is 459 g/mol. The van der Waals surface area contributed by atoms with Crippen LogP contribution >= 0.6 is 0 Å². The van der Waals surface area contributed by atoms with Crippen LogP contribution in [0.25, 0.3) is 0 Å². The largest absolute Gasteiger partial charge is 0 e. The van der Waals surface area contributed by atoms with Gasteiger partial charge in [-0.25, -0.2) is 0 Å². The van der Waals surface area contributed by atoms with Gasteiger partial charge in [-0.1, -0.05) is 0 Å². The van der Waals surface area contributed by atoms with Crippen LogP contribution in [0.5, 0.6) is 0 Å². The van der Waals surface area contributed by atoms with E-state index in [1.54, 1.807) is 0 Å². The number of hydrogen-bond acceptors (Lipinski definition) is 0. The van der Waals surface area contributed by atoms with Crippen molar-refractivity contribution in [2.24, 2.45) is 0 Å². The van der Waals surface area contributed by atoms with E-state index in [4.69, 9.17) is 0 Å². The predicted molar refractivity (Wildman–Crippen MR) is 17.3 cm³/mol. The van der Waals surface area contributed by atoms with Gasteiger partial charge >= 0.3 is 0 Å². The molecule has 0 spiro atoms. The minimum Gasteiger partial charge on any atom is 0 e. The fraction of sp³-hybridized carbons (Fsp3) is 0. The Morgan fingerprint density at radius 2 is 1.00 bits per heavy atom. The Hall–Kier alpha value is 3.01. The first-order valence-electron chi connectivity index (χ1n) is 0. The molecule has 0 N–H and O–H groups in total. The van der Waals surface area contributed by atoms with E-state index in [-0.39, 0.29) is 91.3 Å². The monoisotopic (exact) mass is 457 g/mol. The second kappa shape index (κ2) is 16.6. The van der Waals surface area contributed by atoms with Crippen molar-refractivity contribution in [3.8, 4) is 0 Å². The Balaban J connectivity index is 0. The van der Waals surface area contributed by atoms with Gasteiger partial charge in [0.2, 0.25) is 0 Å². The van der Waals surface area contributed by atoms with Crippen LogP contribution in [0.15, 0.2) is 0 Å². The number of hydrogen-bond donors (Lipinski definition) is 0. The van der Waals surface area contributed by atoms with Crippen molar-refractivity contribution in [1.29, 1.82) is 0 Å². The average Bonchev–Trinajstić information content (AvgIpc) is 0. The SMILES string of the molecule is [Bi].[Ga].[In].[Zn]. The van der Waals surface area contributed by atoms with Crippen LogP contribution in [0.2, 0.25) is 0 Å². The molecule has 0 nitrogen and oxygen atoms in total. The van der Waals surface area contributed by atoms with Crippen molar-refractivity contribution in [2.45, 2.75) is 0 Å². The second-order valence-electron chi connectivity index (χ2n) is 0. The Bertz CT molecular complexity index is 8.00. The smallest absolute Gasteiger partial charge is 0 e. The van der Waals surface area contributed by atoms with E-state index in [1.165, 1.54) is 0 Å². The Morgan fingerprint density at radius 3 is 1.00 bits per heavy atom. The van der Waals surface area contributed by atoms with Crippen molar-refractivity contribution < 1.29 is 19.5 Å². The molecule has 4 heavy (non-hydrogen) atoms. The third-order valence-corrected chi connectivity index (χ3v) is 0. The second-order valence-corrected chi connectivity index (χ2v) is 0. The third-order valence-electron chi connectivity index (χ3n) is 0. The topological polar surface area (TPSA) is 0 Å². The zero-order valence-corrected chi connectivity index (χ0v) is 14.5. The molecule has 0 aromatic heterocycles. The molecule has 0 atom stereocenters. The van der Waals surface area contributed by atoms with Gasteiger partial charge in [-0.05, 0) is 0 Å². The van der Waals surface area contributed by atoms with Gasteiger partial charge in [0.05, 0.1) is 0 Å². The van der Waals surface area contributed by atoms with Crippen LogP contribution in [-0.4, -0.2) is 71.8 Å². The molecule has 0 aliphatic heterocycles. The minimum absolute atomic E-state index is 0. The summed E-state index contributed by atoms with van der Waals surface area (Å²) in [7, 11) is 0. The van der Waals surface area contributed by atoms with Gasteiger partial charge in [0, 0.05) is 91.3 Å². The first-order chi connectivity index (χ1) is 0. The predicted octanol–water partition coefficient (Wildman–Crippen LogP) is -1.14. The Morgan fingerprint density at radius 1 is 1.00 bits per heavy atom. The summed E-state index contributed by atoms with van der Waals surface area (Å²) >= 11 is 0. The Kier molecular flexibility index (Phi) is 116. The fourth-order valence-electron chi connectivity index (χ4n) is 0. The first-order valence-corrected chi connectivity index (χ1v) is 0. The summed E-state index contributed by atoms with van der Waals surface area (Å²) in [6.07, 6.45) is 0. The normalized spacial score (nSPS) is 0. The maximum absolute atomic E-state index is 0. The molecule has 0 unspecified atom stereocenters. The molecule has 0 rings (SSSR count). The molecule has 0 aliphatic rings. The van der Waals surface area contributed by atoms with Crippen LogP contribution in [0.1, 0.15) is 0 Å². The standard InChI is InChI=1S/Bi.Ga.In.Zn. The maximum Gasteiger partial charge on any atom is 0 e. The molecule has 0 bridgehead atoms. The Labute approximate surface area is 89.6 Å². The van der Waals surface area contributed by atoms with Crippen LogP contribution < -0.4 is 0 Å². The molecule has 9 radical (unpaired) electrons.